The van der Waals surface area contributed by atoms with Crippen molar-refractivity contribution in [2.75, 3.05) is 26.4 Å². The number of thioether (sulfide) groups is 1. The van der Waals surface area contributed by atoms with Gasteiger partial charge in [-0.1, -0.05) is 23.9 Å². The van der Waals surface area contributed by atoms with E-state index >= 15 is 0 Å². The highest BCUT2D eigenvalue weighted by atomic mass is 32.2. The Bertz CT molecular complexity index is 1080. The van der Waals surface area contributed by atoms with Gasteiger partial charge in [0.1, 0.15) is 17.1 Å². The molecule has 3 rings (SSSR count). The lowest BCUT2D eigenvalue weighted by molar-refractivity contribution is -0.149. The number of piperidine rings is 1. The number of hydrazine groups is 1. The predicted molar refractivity (Wildman–Crippen MR) is 134 cm³/mol. The van der Waals surface area contributed by atoms with Crippen molar-refractivity contribution in [3.05, 3.63) is 53.6 Å². The van der Waals surface area contributed by atoms with E-state index in [4.69, 9.17) is 4.74 Å². The van der Waals surface area contributed by atoms with Crippen molar-refractivity contribution in [1.82, 2.24) is 24.9 Å². The largest absolute Gasteiger partial charge is 0.444 e. The van der Waals surface area contributed by atoms with Crippen LogP contribution in [0.1, 0.15) is 49.7 Å². The highest BCUT2D eigenvalue weighted by Crippen LogP contribution is 2.23. The Morgan fingerprint density at radius 3 is 2.36 bits per heavy atom. The van der Waals surface area contributed by atoms with Gasteiger partial charge in [0.05, 0.1) is 12.5 Å². The number of aromatic nitrogens is 2. The molecule has 0 radical (unpaired) electrons. The fourth-order valence-electron chi connectivity index (χ4n) is 3.92. The van der Waals surface area contributed by atoms with Gasteiger partial charge in [-0.2, -0.15) is 0 Å². The molecule has 194 valence electrons. The molecule has 0 unspecified atom stereocenters. The van der Waals surface area contributed by atoms with E-state index in [2.05, 4.69) is 9.97 Å². The van der Waals surface area contributed by atoms with E-state index in [9.17, 15) is 18.8 Å². The second kappa shape index (κ2) is 11.7. The molecule has 2 aromatic rings. The van der Waals surface area contributed by atoms with Crippen LogP contribution in [0.25, 0.3) is 0 Å². The molecule has 1 aliphatic rings. The molecule has 0 bridgehead atoms. The minimum absolute atomic E-state index is 0.00991. The van der Waals surface area contributed by atoms with Gasteiger partial charge >= 0.3 is 6.09 Å². The van der Waals surface area contributed by atoms with E-state index in [1.165, 1.54) is 53.2 Å². The number of carbonyl (C=O) groups is 3. The van der Waals surface area contributed by atoms with Gasteiger partial charge < -0.3 is 9.64 Å². The van der Waals surface area contributed by atoms with Crippen LogP contribution in [-0.2, 0) is 16.0 Å². The first-order chi connectivity index (χ1) is 17.0. The smallest absolute Gasteiger partial charge is 0.410 e. The quantitative estimate of drug-likeness (QED) is 0.338. The lowest BCUT2D eigenvalue weighted by Gasteiger charge is -2.42. The SMILES string of the molecule is CSc1nccc(C(=O)N(C)N(C(=O)Cc2ccc(F)cc2)C2CCN(C(=O)OC(C)(C)C)CC2)n1. The number of halogens is 1. The highest BCUT2D eigenvalue weighted by molar-refractivity contribution is 7.98. The number of likely N-dealkylation sites (tertiary alicyclic amines) is 1. The summed E-state index contributed by atoms with van der Waals surface area (Å²) in [5.41, 5.74) is 0.193. The molecule has 0 spiro atoms. The molecule has 0 saturated carbocycles. The summed E-state index contributed by atoms with van der Waals surface area (Å²) in [4.78, 5) is 49.3. The summed E-state index contributed by atoms with van der Waals surface area (Å²) in [5, 5.41) is 3.18. The number of rotatable bonds is 5. The first kappa shape index (κ1) is 27.4. The second-order valence-electron chi connectivity index (χ2n) is 9.50. The monoisotopic (exact) mass is 517 g/mol. The maximum absolute atomic E-state index is 13.5. The second-order valence-corrected chi connectivity index (χ2v) is 10.3. The molecule has 1 saturated heterocycles. The Balaban J connectivity index is 1.81. The third kappa shape index (κ3) is 7.16. The average Bonchev–Trinajstić information content (AvgIpc) is 2.84. The summed E-state index contributed by atoms with van der Waals surface area (Å²) in [7, 11) is 1.53. The van der Waals surface area contributed by atoms with Crippen LogP contribution in [0.2, 0.25) is 0 Å². The Morgan fingerprint density at radius 2 is 1.78 bits per heavy atom. The fraction of sp³-hybridized carbons (Fsp3) is 0.480. The Labute approximate surface area is 215 Å². The van der Waals surface area contributed by atoms with Gasteiger partial charge in [0.25, 0.3) is 5.91 Å². The Hall–Kier alpha value is -3.21. The molecule has 1 aromatic carbocycles. The lowest BCUT2D eigenvalue weighted by atomic mass is 10.0. The van der Waals surface area contributed by atoms with E-state index in [1.54, 1.807) is 17.0 Å². The van der Waals surface area contributed by atoms with Crippen LogP contribution in [0.3, 0.4) is 0 Å². The van der Waals surface area contributed by atoms with E-state index in [1.807, 2.05) is 27.0 Å². The number of ether oxygens (including phenoxy) is 1. The molecular formula is C25H32FN5O4S. The molecule has 0 N–H and O–H groups in total. The van der Waals surface area contributed by atoms with Crippen molar-refractivity contribution in [2.45, 2.75) is 56.8 Å². The number of hydrogen-bond donors (Lipinski definition) is 0. The van der Waals surface area contributed by atoms with Crippen LogP contribution < -0.4 is 0 Å². The van der Waals surface area contributed by atoms with Gasteiger partial charge in [-0.3, -0.25) is 9.59 Å². The zero-order valence-corrected chi connectivity index (χ0v) is 22.0. The van der Waals surface area contributed by atoms with E-state index < -0.39 is 23.4 Å². The Morgan fingerprint density at radius 1 is 1.14 bits per heavy atom. The molecule has 1 aromatic heterocycles. The molecule has 1 fully saturated rings. The predicted octanol–water partition coefficient (Wildman–Crippen LogP) is 3.80. The minimum atomic E-state index is -0.606. The van der Waals surface area contributed by atoms with Crippen LogP contribution in [0.15, 0.2) is 41.7 Å². The zero-order chi connectivity index (χ0) is 26.5. The van der Waals surface area contributed by atoms with Crippen LogP contribution in [0.4, 0.5) is 9.18 Å². The molecule has 1 aliphatic heterocycles. The van der Waals surface area contributed by atoms with Gasteiger partial charge in [0.2, 0.25) is 5.91 Å². The molecular weight excluding hydrogens is 485 g/mol. The van der Waals surface area contributed by atoms with Crippen molar-refractivity contribution in [3.8, 4) is 0 Å². The summed E-state index contributed by atoms with van der Waals surface area (Å²) in [6, 6.07) is 6.87. The van der Waals surface area contributed by atoms with Gasteiger partial charge in [-0.05, 0) is 63.6 Å². The summed E-state index contributed by atoms with van der Waals surface area (Å²) in [6.45, 7) is 6.19. The van der Waals surface area contributed by atoms with Crippen molar-refractivity contribution < 1.29 is 23.5 Å². The number of amides is 3. The number of benzene rings is 1. The molecule has 11 heteroatoms. The zero-order valence-electron chi connectivity index (χ0n) is 21.2. The lowest BCUT2D eigenvalue weighted by Crippen LogP contribution is -2.57. The standard InChI is InChI=1S/C25H32FN5O4S/c1-25(2,3)35-24(34)30-14-11-19(12-15-30)31(21(32)16-17-6-8-18(26)9-7-17)29(4)22(33)20-10-13-27-23(28-20)36-5/h6-10,13,19H,11-12,14-16H2,1-5H3. The summed E-state index contributed by atoms with van der Waals surface area (Å²) in [5.74, 6) is -1.15. The van der Waals surface area contributed by atoms with Gasteiger partial charge in [0.15, 0.2) is 5.16 Å². The molecule has 2 heterocycles. The average molecular weight is 518 g/mol. The molecule has 3 amide bonds. The summed E-state index contributed by atoms with van der Waals surface area (Å²) < 4.78 is 18.8. The topological polar surface area (TPSA) is 95.9 Å². The number of carbonyl (C=O) groups excluding carboxylic acids is 3. The van der Waals surface area contributed by atoms with Crippen molar-refractivity contribution in [3.63, 3.8) is 0 Å². The Kier molecular flexibility index (Phi) is 8.89. The highest BCUT2D eigenvalue weighted by Gasteiger charge is 2.35. The number of hydrogen-bond acceptors (Lipinski definition) is 7. The molecule has 0 atom stereocenters. The van der Waals surface area contributed by atoms with Crippen molar-refractivity contribution in [1.29, 1.82) is 0 Å². The van der Waals surface area contributed by atoms with Crippen LogP contribution >= 0.6 is 11.8 Å². The molecule has 9 nitrogen and oxygen atoms in total. The molecule has 36 heavy (non-hydrogen) atoms. The van der Waals surface area contributed by atoms with Crippen LogP contribution in [-0.4, -0.2) is 80.8 Å². The summed E-state index contributed by atoms with van der Waals surface area (Å²) in [6.07, 6.45) is 3.83. The first-order valence-corrected chi connectivity index (χ1v) is 12.9. The first-order valence-electron chi connectivity index (χ1n) is 11.7. The van der Waals surface area contributed by atoms with Gasteiger partial charge in [-0.25, -0.2) is 29.2 Å². The van der Waals surface area contributed by atoms with Gasteiger partial charge in [0, 0.05) is 26.3 Å². The maximum atomic E-state index is 13.5. The van der Waals surface area contributed by atoms with Gasteiger partial charge in [-0.15, -0.1) is 0 Å². The summed E-state index contributed by atoms with van der Waals surface area (Å²) >= 11 is 1.31. The van der Waals surface area contributed by atoms with Crippen LogP contribution in [0.5, 0.6) is 0 Å². The van der Waals surface area contributed by atoms with Crippen molar-refractivity contribution >= 4 is 29.7 Å². The van der Waals surface area contributed by atoms with E-state index in [0.29, 0.717) is 36.7 Å². The number of nitrogens with zero attached hydrogens (tertiary/aromatic N) is 5. The van der Waals surface area contributed by atoms with E-state index in [-0.39, 0.29) is 24.1 Å². The third-order valence-corrected chi connectivity index (χ3v) is 6.20. The molecule has 0 aliphatic carbocycles. The van der Waals surface area contributed by atoms with Crippen LogP contribution in [0, 0.1) is 5.82 Å². The van der Waals surface area contributed by atoms with Crippen molar-refractivity contribution in [2.24, 2.45) is 0 Å². The normalized spacial score (nSPS) is 14.3. The fourth-order valence-corrected chi connectivity index (χ4v) is 4.27. The minimum Gasteiger partial charge on any atom is -0.444 e. The third-order valence-electron chi connectivity index (χ3n) is 5.64. The maximum Gasteiger partial charge on any atom is 0.410 e. The van der Waals surface area contributed by atoms with E-state index in [0.717, 1.165) is 0 Å².